The summed E-state index contributed by atoms with van der Waals surface area (Å²) in [5.74, 6) is 0.692. The highest BCUT2D eigenvalue weighted by Gasteiger charge is 2.42. The number of nitrogens with one attached hydrogen (secondary N) is 1. The number of aromatic nitrogens is 2. The number of aromatic amines is 1. The van der Waals surface area contributed by atoms with Crippen LogP contribution >= 0.6 is 0 Å². The van der Waals surface area contributed by atoms with Gasteiger partial charge in [0.05, 0.1) is 5.69 Å². The number of nitrogens with zero attached hydrogens (tertiary/aromatic N) is 1. The van der Waals surface area contributed by atoms with E-state index in [2.05, 4.69) is 69.1 Å². The third kappa shape index (κ3) is 2.97. The Balaban J connectivity index is 1.98. The molecule has 2 aliphatic carbocycles. The summed E-state index contributed by atoms with van der Waals surface area (Å²) in [6.45, 7) is 11.0. The van der Waals surface area contributed by atoms with Crippen LogP contribution in [0.3, 0.4) is 0 Å². The van der Waals surface area contributed by atoms with Crippen LogP contribution in [0, 0.1) is 5.41 Å². The van der Waals surface area contributed by atoms with Crippen molar-refractivity contribution in [1.29, 1.82) is 0 Å². The maximum atomic E-state index is 13.4. The van der Waals surface area contributed by atoms with Gasteiger partial charge in [-0.05, 0) is 35.3 Å². The fraction of sp³-hybridized carbons (Fsp3) is 0.500. The number of Topliss-reactive ketones (excluding diaryl/α,β-unsaturated/α-hetero) is 1. The summed E-state index contributed by atoms with van der Waals surface area (Å²) in [5, 5.41) is 8.01. The van der Waals surface area contributed by atoms with Gasteiger partial charge < -0.3 is 0 Å². The second-order valence-electron chi connectivity index (χ2n) is 9.28. The molecule has 27 heavy (non-hydrogen) atoms. The molecule has 2 aromatic rings. The second kappa shape index (κ2) is 6.47. The molecule has 0 radical (unpaired) electrons. The molecule has 3 heteroatoms. The third-order valence-corrected chi connectivity index (χ3v) is 6.19. The molecular formula is C24H30N2O. The topological polar surface area (TPSA) is 45.8 Å². The van der Waals surface area contributed by atoms with Crippen LogP contribution in [0.25, 0.3) is 0 Å². The number of ketones is 1. The molecule has 1 N–H and O–H groups in total. The summed E-state index contributed by atoms with van der Waals surface area (Å²) in [6.07, 6.45) is 3.44. The molecule has 3 nitrogen and oxygen atoms in total. The zero-order valence-electron chi connectivity index (χ0n) is 17.1. The van der Waals surface area contributed by atoms with E-state index >= 15 is 0 Å². The molecule has 0 bridgehead atoms. The number of aryl methyl sites for hydroxylation is 1. The van der Waals surface area contributed by atoms with Crippen molar-refractivity contribution in [2.75, 3.05) is 0 Å². The van der Waals surface area contributed by atoms with E-state index in [1.165, 1.54) is 28.0 Å². The van der Waals surface area contributed by atoms with E-state index in [9.17, 15) is 4.79 Å². The van der Waals surface area contributed by atoms with Crippen molar-refractivity contribution in [2.24, 2.45) is 5.41 Å². The highest BCUT2D eigenvalue weighted by atomic mass is 16.1. The lowest BCUT2D eigenvalue weighted by Crippen LogP contribution is -2.32. The molecule has 1 aromatic heterocycles. The van der Waals surface area contributed by atoms with Crippen LogP contribution in [0.15, 0.2) is 35.4 Å². The molecule has 0 amide bonds. The Morgan fingerprint density at radius 1 is 1.22 bits per heavy atom. The van der Waals surface area contributed by atoms with Gasteiger partial charge in [0.1, 0.15) is 0 Å². The van der Waals surface area contributed by atoms with Gasteiger partial charge in [-0.25, -0.2) is 0 Å². The molecule has 0 spiro atoms. The van der Waals surface area contributed by atoms with Gasteiger partial charge in [0.15, 0.2) is 5.78 Å². The summed E-state index contributed by atoms with van der Waals surface area (Å²) in [5.41, 5.74) is 8.62. The fourth-order valence-corrected chi connectivity index (χ4v) is 5.09. The lowest BCUT2D eigenvalue weighted by atomic mass is 9.64. The number of hydrogen-bond donors (Lipinski definition) is 1. The van der Waals surface area contributed by atoms with E-state index in [0.717, 1.165) is 30.5 Å². The highest BCUT2D eigenvalue weighted by molar-refractivity contribution is 6.00. The minimum absolute atomic E-state index is 0.0275. The van der Waals surface area contributed by atoms with Crippen molar-refractivity contribution < 1.29 is 4.79 Å². The van der Waals surface area contributed by atoms with Crippen LogP contribution in [0.2, 0.25) is 0 Å². The quantitative estimate of drug-likeness (QED) is 0.787. The molecule has 142 valence electrons. The van der Waals surface area contributed by atoms with Gasteiger partial charge in [-0.3, -0.25) is 9.89 Å². The van der Waals surface area contributed by atoms with Crippen molar-refractivity contribution in [3.05, 3.63) is 63.5 Å². The molecule has 0 fully saturated rings. The molecule has 1 aromatic carbocycles. The van der Waals surface area contributed by atoms with Crippen molar-refractivity contribution in [2.45, 2.75) is 72.1 Å². The normalized spacial score (nSPS) is 21.4. The van der Waals surface area contributed by atoms with Gasteiger partial charge in [0.25, 0.3) is 0 Å². The standard InChI is InChI=1S/C24H30N2O/c1-6-15-9-7-8-10-17(15)21-20-16(12-24(4,5)13-19(20)27)11-18-22(21)23(14(2)3)26-25-18/h7-10,14,21H,6,11-13H2,1-5H3,(H,25,26). The van der Waals surface area contributed by atoms with Gasteiger partial charge in [0.2, 0.25) is 0 Å². The maximum Gasteiger partial charge on any atom is 0.160 e. The molecular weight excluding hydrogens is 332 g/mol. The molecule has 0 saturated heterocycles. The predicted molar refractivity (Wildman–Crippen MR) is 109 cm³/mol. The van der Waals surface area contributed by atoms with E-state index < -0.39 is 0 Å². The molecule has 0 aliphatic heterocycles. The van der Waals surface area contributed by atoms with Crippen LogP contribution in [-0.2, 0) is 17.6 Å². The fourth-order valence-electron chi connectivity index (χ4n) is 5.09. The number of H-pyrrole nitrogens is 1. The molecule has 1 unspecified atom stereocenters. The number of carbonyl (C=O) groups excluding carboxylic acids is 1. The zero-order chi connectivity index (χ0) is 19.3. The molecule has 4 rings (SSSR count). The maximum absolute atomic E-state index is 13.4. The lowest BCUT2D eigenvalue weighted by molar-refractivity contribution is -0.118. The van der Waals surface area contributed by atoms with E-state index in [4.69, 9.17) is 0 Å². The Morgan fingerprint density at radius 3 is 2.67 bits per heavy atom. The Labute approximate surface area is 162 Å². The minimum atomic E-state index is 0.0275. The first-order valence-corrected chi connectivity index (χ1v) is 10.2. The van der Waals surface area contributed by atoms with E-state index in [0.29, 0.717) is 18.1 Å². The summed E-state index contributed by atoms with van der Waals surface area (Å²) in [4.78, 5) is 13.4. The number of fused-ring (bicyclic) bond motifs is 1. The molecule has 2 aliphatic rings. The predicted octanol–water partition coefficient (Wildman–Crippen LogP) is 5.47. The largest absolute Gasteiger partial charge is 0.294 e. The van der Waals surface area contributed by atoms with Gasteiger partial charge in [-0.2, -0.15) is 5.10 Å². The van der Waals surface area contributed by atoms with Gasteiger partial charge in [0, 0.05) is 35.6 Å². The van der Waals surface area contributed by atoms with Crippen LogP contribution < -0.4 is 0 Å². The average molecular weight is 363 g/mol. The molecule has 1 heterocycles. The smallest absolute Gasteiger partial charge is 0.160 e. The van der Waals surface area contributed by atoms with Gasteiger partial charge in [-0.15, -0.1) is 0 Å². The van der Waals surface area contributed by atoms with Crippen LogP contribution in [0.5, 0.6) is 0 Å². The lowest BCUT2D eigenvalue weighted by Gasteiger charge is -2.38. The number of hydrogen-bond acceptors (Lipinski definition) is 2. The van der Waals surface area contributed by atoms with E-state index in [1.807, 2.05) is 0 Å². The number of carbonyl (C=O) groups is 1. The summed E-state index contributed by atoms with van der Waals surface area (Å²) < 4.78 is 0. The van der Waals surface area contributed by atoms with Gasteiger partial charge >= 0.3 is 0 Å². The van der Waals surface area contributed by atoms with Crippen molar-refractivity contribution >= 4 is 5.78 Å². The average Bonchev–Trinajstić information content (AvgIpc) is 3.02. The van der Waals surface area contributed by atoms with Crippen LogP contribution in [-0.4, -0.2) is 16.0 Å². The number of rotatable bonds is 3. The summed E-state index contributed by atoms with van der Waals surface area (Å²) in [7, 11) is 0. The molecule has 1 atom stereocenters. The Kier molecular flexibility index (Phi) is 4.37. The highest BCUT2D eigenvalue weighted by Crippen LogP contribution is 2.50. The first kappa shape index (κ1) is 18.2. The monoisotopic (exact) mass is 362 g/mol. The Bertz CT molecular complexity index is 930. The van der Waals surface area contributed by atoms with Crippen molar-refractivity contribution in [3.8, 4) is 0 Å². The summed E-state index contributed by atoms with van der Waals surface area (Å²) in [6, 6.07) is 8.63. The number of allylic oxidation sites excluding steroid dienone is 2. The van der Waals surface area contributed by atoms with Crippen molar-refractivity contribution in [3.63, 3.8) is 0 Å². The first-order chi connectivity index (χ1) is 12.8. The minimum Gasteiger partial charge on any atom is -0.294 e. The summed E-state index contributed by atoms with van der Waals surface area (Å²) >= 11 is 0. The molecule has 0 saturated carbocycles. The first-order valence-electron chi connectivity index (χ1n) is 10.2. The Morgan fingerprint density at radius 2 is 1.96 bits per heavy atom. The van der Waals surface area contributed by atoms with Crippen LogP contribution in [0.1, 0.15) is 87.4 Å². The van der Waals surface area contributed by atoms with E-state index in [1.54, 1.807) is 0 Å². The SMILES string of the molecule is CCc1ccccc1C1C2=C(Cc3[nH]nc(C(C)C)c31)CC(C)(C)CC2=O. The van der Waals surface area contributed by atoms with Crippen molar-refractivity contribution in [1.82, 2.24) is 10.2 Å². The van der Waals surface area contributed by atoms with E-state index in [-0.39, 0.29) is 11.3 Å². The second-order valence-corrected chi connectivity index (χ2v) is 9.28. The zero-order valence-corrected chi connectivity index (χ0v) is 17.1. The Hall–Kier alpha value is -2.16. The van der Waals surface area contributed by atoms with Gasteiger partial charge in [-0.1, -0.05) is 64.5 Å². The third-order valence-electron chi connectivity index (χ3n) is 6.19. The number of benzene rings is 1. The van der Waals surface area contributed by atoms with Crippen LogP contribution in [0.4, 0.5) is 0 Å².